The average Bonchev–Trinajstić information content (AvgIpc) is 2.59. The highest BCUT2D eigenvalue weighted by Crippen LogP contribution is 2.39. The Morgan fingerprint density at radius 2 is 2.00 bits per heavy atom. The van der Waals surface area contributed by atoms with Crippen LogP contribution in [-0.2, 0) is 4.79 Å². The molecular formula is C15H14N4O5S. The van der Waals surface area contributed by atoms with Crippen molar-refractivity contribution in [2.45, 2.75) is 18.3 Å². The summed E-state index contributed by atoms with van der Waals surface area (Å²) in [5.74, 6) is 0.493. The van der Waals surface area contributed by atoms with Crippen molar-refractivity contribution >= 4 is 35.1 Å². The van der Waals surface area contributed by atoms with Gasteiger partial charge in [-0.25, -0.2) is 0 Å². The van der Waals surface area contributed by atoms with Crippen molar-refractivity contribution in [1.29, 1.82) is 0 Å². The predicted octanol–water partition coefficient (Wildman–Crippen LogP) is 2.03. The zero-order valence-corrected chi connectivity index (χ0v) is 13.9. The number of non-ortho nitro benzene ring substituents is 1. The number of carbonyl (C=O) groups is 1. The van der Waals surface area contributed by atoms with Crippen LogP contribution in [0.5, 0.6) is 0 Å². The number of hydrogen-bond acceptors (Lipinski definition) is 7. The van der Waals surface area contributed by atoms with Gasteiger partial charge in [-0.3, -0.25) is 25.0 Å². The lowest BCUT2D eigenvalue weighted by atomic mass is 10.0. The number of nitrogens with zero attached hydrogens (tertiary/aromatic N) is 3. The van der Waals surface area contributed by atoms with Crippen LogP contribution in [0.15, 0.2) is 35.5 Å². The molecule has 0 spiro atoms. The number of carbonyl (C=O) groups excluding carboxylic acids is 1. The molecule has 2 aliphatic rings. The molecule has 0 bridgehead atoms. The van der Waals surface area contributed by atoms with Crippen molar-refractivity contribution in [3.63, 3.8) is 0 Å². The number of benzene rings is 1. The van der Waals surface area contributed by atoms with Crippen LogP contribution < -0.4 is 5.73 Å². The SMILES string of the molecule is CC1=C(/C=C/c2ccc([N+](=O)[O-])cc2[N+](=O)[O-])CSC2C(N)C(=O)N12. The second-order valence-corrected chi connectivity index (χ2v) is 6.74. The first kappa shape index (κ1) is 17.1. The van der Waals surface area contributed by atoms with E-state index >= 15 is 0 Å². The topological polar surface area (TPSA) is 133 Å². The molecule has 0 aliphatic carbocycles. The summed E-state index contributed by atoms with van der Waals surface area (Å²) in [7, 11) is 0. The van der Waals surface area contributed by atoms with Crippen LogP contribution in [0.3, 0.4) is 0 Å². The van der Waals surface area contributed by atoms with Gasteiger partial charge in [-0.1, -0.05) is 6.08 Å². The molecule has 9 nitrogen and oxygen atoms in total. The molecule has 3 rings (SSSR count). The van der Waals surface area contributed by atoms with Gasteiger partial charge in [0.15, 0.2) is 0 Å². The molecule has 2 unspecified atom stereocenters. The van der Waals surface area contributed by atoms with E-state index in [-0.39, 0.29) is 28.2 Å². The highest BCUT2D eigenvalue weighted by molar-refractivity contribution is 8.00. The smallest absolute Gasteiger partial charge is 0.283 e. The molecule has 0 aromatic heterocycles. The first-order valence-electron chi connectivity index (χ1n) is 7.32. The Balaban J connectivity index is 1.91. The van der Waals surface area contributed by atoms with E-state index in [0.717, 1.165) is 17.3 Å². The van der Waals surface area contributed by atoms with E-state index < -0.39 is 15.9 Å². The number of hydrogen-bond donors (Lipinski definition) is 1. The standard InChI is InChI=1S/C15H14N4O5S/c1-8-10(7-25-15-13(16)14(20)17(8)15)3-2-9-4-5-11(18(21)22)6-12(9)19(23)24/h2-6,13,15H,7,16H2,1H3/b3-2+. The van der Waals surface area contributed by atoms with Gasteiger partial charge in [0.25, 0.3) is 11.4 Å². The normalized spacial score (nSPS) is 22.8. The van der Waals surface area contributed by atoms with Crippen LogP contribution in [0.2, 0.25) is 0 Å². The molecule has 1 amide bonds. The molecule has 1 aromatic carbocycles. The Morgan fingerprint density at radius 3 is 2.64 bits per heavy atom. The molecule has 25 heavy (non-hydrogen) atoms. The lowest BCUT2D eigenvalue weighted by Crippen LogP contribution is -2.67. The first-order chi connectivity index (χ1) is 11.8. The molecular weight excluding hydrogens is 348 g/mol. The van der Waals surface area contributed by atoms with E-state index in [1.54, 1.807) is 17.9 Å². The van der Waals surface area contributed by atoms with E-state index in [0.29, 0.717) is 5.75 Å². The average molecular weight is 362 g/mol. The molecule has 2 atom stereocenters. The fourth-order valence-corrected chi connectivity index (χ4v) is 4.15. The van der Waals surface area contributed by atoms with Gasteiger partial charge in [-0.2, -0.15) is 0 Å². The summed E-state index contributed by atoms with van der Waals surface area (Å²) < 4.78 is 0. The molecule has 1 saturated heterocycles. The predicted molar refractivity (Wildman–Crippen MR) is 92.6 cm³/mol. The van der Waals surface area contributed by atoms with E-state index in [2.05, 4.69) is 0 Å². The molecule has 0 radical (unpaired) electrons. The summed E-state index contributed by atoms with van der Waals surface area (Å²) >= 11 is 1.54. The number of rotatable bonds is 4. The van der Waals surface area contributed by atoms with Gasteiger partial charge in [-0.15, -0.1) is 11.8 Å². The van der Waals surface area contributed by atoms with Crippen LogP contribution in [-0.4, -0.2) is 37.8 Å². The third-order valence-electron chi connectivity index (χ3n) is 4.21. The monoisotopic (exact) mass is 362 g/mol. The minimum Gasteiger partial charge on any atom is -0.317 e. The van der Waals surface area contributed by atoms with Crippen LogP contribution in [0.1, 0.15) is 12.5 Å². The summed E-state index contributed by atoms with van der Waals surface area (Å²) in [6.07, 6.45) is 3.23. The number of nitro benzene ring substituents is 2. The number of amides is 1. The number of thioether (sulfide) groups is 1. The van der Waals surface area contributed by atoms with E-state index in [1.807, 2.05) is 0 Å². The molecule has 2 N–H and O–H groups in total. The summed E-state index contributed by atoms with van der Waals surface area (Å²) in [5.41, 5.74) is 6.97. The number of allylic oxidation sites excluding steroid dienone is 2. The van der Waals surface area contributed by atoms with Gasteiger partial charge >= 0.3 is 0 Å². The maximum Gasteiger partial charge on any atom is 0.283 e. The summed E-state index contributed by atoms with van der Waals surface area (Å²) in [4.78, 5) is 34.1. The molecule has 10 heteroatoms. The van der Waals surface area contributed by atoms with Gasteiger partial charge in [0, 0.05) is 17.5 Å². The van der Waals surface area contributed by atoms with Crippen LogP contribution >= 0.6 is 11.8 Å². The van der Waals surface area contributed by atoms with Gasteiger partial charge in [0.2, 0.25) is 5.91 Å². The van der Waals surface area contributed by atoms with E-state index in [4.69, 9.17) is 5.73 Å². The first-order valence-corrected chi connectivity index (χ1v) is 8.37. The van der Waals surface area contributed by atoms with Crippen molar-refractivity contribution in [3.8, 4) is 0 Å². The molecule has 130 valence electrons. The van der Waals surface area contributed by atoms with E-state index in [9.17, 15) is 25.0 Å². The van der Waals surface area contributed by atoms with Crippen molar-refractivity contribution in [3.05, 3.63) is 61.3 Å². The Bertz CT molecular complexity index is 850. The largest absolute Gasteiger partial charge is 0.317 e. The number of β-lactam (4-membered cyclic amide) rings is 1. The van der Waals surface area contributed by atoms with Crippen LogP contribution in [0, 0.1) is 20.2 Å². The highest BCUT2D eigenvalue weighted by Gasteiger charge is 2.48. The van der Waals surface area contributed by atoms with Gasteiger partial charge in [-0.05, 0) is 24.6 Å². The number of nitrogens with two attached hydrogens (primary N) is 1. The second-order valence-electron chi connectivity index (χ2n) is 5.64. The summed E-state index contributed by atoms with van der Waals surface area (Å²) in [5, 5.41) is 21.9. The summed E-state index contributed by atoms with van der Waals surface area (Å²) in [6, 6.07) is 3.01. The molecule has 1 fully saturated rings. The Morgan fingerprint density at radius 1 is 1.28 bits per heavy atom. The van der Waals surface area contributed by atoms with Gasteiger partial charge in [0.05, 0.1) is 21.5 Å². The zero-order chi connectivity index (χ0) is 18.3. The fourth-order valence-electron chi connectivity index (χ4n) is 2.76. The van der Waals surface area contributed by atoms with Crippen molar-refractivity contribution in [2.24, 2.45) is 5.73 Å². The van der Waals surface area contributed by atoms with Crippen molar-refractivity contribution < 1.29 is 14.6 Å². The van der Waals surface area contributed by atoms with E-state index in [1.165, 1.54) is 30.0 Å². The molecule has 2 heterocycles. The van der Waals surface area contributed by atoms with Crippen molar-refractivity contribution in [1.82, 2.24) is 4.90 Å². The highest BCUT2D eigenvalue weighted by atomic mass is 32.2. The Labute approximate surface area is 146 Å². The third kappa shape index (κ3) is 2.89. The number of nitro groups is 2. The zero-order valence-electron chi connectivity index (χ0n) is 13.1. The molecule has 1 aromatic rings. The third-order valence-corrected chi connectivity index (χ3v) is 5.53. The van der Waals surface area contributed by atoms with Crippen molar-refractivity contribution in [2.75, 3.05) is 5.75 Å². The Kier molecular flexibility index (Phi) is 4.31. The van der Waals surface area contributed by atoms with Crippen LogP contribution in [0.25, 0.3) is 6.08 Å². The second kappa shape index (κ2) is 6.30. The van der Waals surface area contributed by atoms with Gasteiger partial charge in [0.1, 0.15) is 11.4 Å². The fraction of sp³-hybridized carbons (Fsp3) is 0.267. The maximum atomic E-state index is 11.8. The summed E-state index contributed by atoms with van der Waals surface area (Å²) in [6.45, 7) is 1.81. The lowest BCUT2D eigenvalue weighted by Gasteiger charge is -2.48. The Hall–Kier alpha value is -2.72. The molecule has 0 saturated carbocycles. The number of fused-ring (bicyclic) bond motifs is 1. The van der Waals surface area contributed by atoms with Crippen LogP contribution in [0.4, 0.5) is 11.4 Å². The minimum absolute atomic E-state index is 0.0571. The minimum atomic E-state index is -0.677. The molecule has 2 aliphatic heterocycles. The lowest BCUT2D eigenvalue weighted by molar-refractivity contribution is -0.394. The van der Waals surface area contributed by atoms with Gasteiger partial charge < -0.3 is 10.6 Å². The maximum absolute atomic E-state index is 11.8. The quantitative estimate of drug-likeness (QED) is 0.492.